The molecule has 2 aromatic rings. The van der Waals surface area contributed by atoms with E-state index in [2.05, 4.69) is 4.40 Å². The number of hydrogen-bond donors (Lipinski definition) is 1. The van der Waals surface area contributed by atoms with Crippen LogP contribution in [-0.4, -0.2) is 21.6 Å². The minimum Gasteiger partial charge on any atom is -0.478 e. The molecule has 3 rings (SSSR count). The molecule has 1 aliphatic carbocycles. The van der Waals surface area contributed by atoms with Crippen LogP contribution in [0.25, 0.3) is 5.52 Å². The lowest BCUT2D eigenvalue weighted by Gasteiger charge is -2.27. The summed E-state index contributed by atoms with van der Waals surface area (Å²) in [7, 11) is 0. The minimum atomic E-state index is -0.882. The van der Waals surface area contributed by atoms with E-state index in [0.29, 0.717) is 11.7 Å². The van der Waals surface area contributed by atoms with Crippen molar-refractivity contribution in [3.8, 4) is 0 Å². The van der Waals surface area contributed by atoms with E-state index in [-0.39, 0.29) is 6.10 Å². The van der Waals surface area contributed by atoms with Gasteiger partial charge in [0.2, 0.25) is 0 Å². The molecule has 0 aliphatic heterocycles. The average Bonchev–Trinajstić information content (AvgIpc) is 2.95. The van der Waals surface area contributed by atoms with E-state index < -0.39 is 5.97 Å². The van der Waals surface area contributed by atoms with Gasteiger partial charge in [0.15, 0.2) is 0 Å². The number of rotatable bonds is 4. The standard InChI is InChI=1S/C18H23NO3/c1-12-16(18(20)21)11-14-7-6-10-19(14)17(12)13(2)22-15-8-4-3-5-9-15/h6-7,10-11,13,15H,3-5,8-9H2,1-2H3,(H,20,21). The first-order valence-corrected chi connectivity index (χ1v) is 8.07. The molecule has 4 nitrogen and oxygen atoms in total. The lowest BCUT2D eigenvalue weighted by molar-refractivity contribution is -0.0249. The van der Waals surface area contributed by atoms with Crippen LogP contribution < -0.4 is 0 Å². The smallest absolute Gasteiger partial charge is 0.336 e. The molecule has 4 heteroatoms. The minimum absolute atomic E-state index is 0.114. The highest BCUT2D eigenvalue weighted by Crippen LogP contribution is 2.30. The number of ether oxygens (including phenoxy) is 1. The largest absolute Gasteiger partial charge is 0.478 e. The zero-order chi connectivity index (χ0) is 15.7. The maximum atomic E-state index is 11.5. The molecular weight excluding hydrogens is 278 g/mol. The van der Waals surface area contributed by atoms with Gasteiger partial charge in [-0.1, -0.05) is 19.3 Å². The Morgan fingerprint density at radius 1 is 1.36 bits per heavy atom. The molecule has 1 fully saturated rings. The van der Waals surface area contributed by atoms with Crippen LogP contribution in [0.2, 0.25) is 0 Å². The number of aromatic carboxylic acids is 1. The summed E-state index contributed by atoms with van der Waals surface area (Å²) in [5.41, 5.74) is 3.00. The van der Waals surface area contributed by atoms with Gasteiger partial charge < -0.3 is 14.2 Å². The van der Waals surface area contributed by atoms with Crippen molar-refractivity contribution in [1.82, 2.24) is 4.40 Å². The zero-order valence-electron chi connectivity index (χ0n) is 13.2. The van der Waals surface area contributed by atoms with E-state index in [1.807, 2.05) is 32.2 Å². The van der Waals surface area contributed by atoms with E-state index in [0.717, 1.165) is 29.6 Å². The summed E-state index contributed by atoms with van der Waals surface area (Å²) in [5.74, 6) is -0.882. The molecule has 1 unspecified atom stereocenters. The van der Waals surface area contributed by atoms with Gasteiger partial charge in [0.05, 0.1) is 23.5 Å². The molecule has 118 valence electrons. The van der Waals surface area contributed by atoms with Crippen LogP contribution in [0, 0.1) is 6.92 Å². The molecule has 0 saturated heterocycles. The van der Waals surface area contributed by atoms with E-state index >= 15 is 0 Å². The van der Waals surface area contributed by atoms with Crippen molar-refractivity contribution in [3.05, 3.63) is 41.2 Å². The van der Waals surface area contributed by atoms with E-state index in [1.54, 1.807) is 6.07 Å². The van der Waals surface area contributed by atoms with Crippen LogP contribution in [0.5, 0.6) is 0 Å². The highest BCUT2D eigenvalue weighted by atomic mass is 16.5. The van der Waals surface area contributed by atoms with Crippen LogP contribution in [0.1, 0.15) is 66.7 Å². The van der Waals surface area contributed by atoms with Gasteiger partial charge in [-0.25, -0.2) is 4.79 Å². The SMILES string of the molecule is Cc1c(C(=O)O)cc2cccn2c1C(C)OC1CCCCC1. The molecule has 0 spiro atoms. The fourth-order valence-electron chi connectivity index (χ4n) is 3.58. The Morgan fingerprint density at radius 3 is 2.77 bits per heavy atom. The first-order valence-electron chi connectivity index (χ1n) is 8.07. The van der Waals surface area contributed by atoms with Crippen LogP contribution in [0.15, 0.2) is 24.4 Å². The normalized spacial score (nSPS) is 17.7. The van der Waals surface area contributed by atoms with Gasteiger partial charge in [0, 0.05) is 11.7 Å². The average molecular weight is 301 g/mol. The molecule has 0 radical (unpaired) electrons. The summed E-state index contributed by atoms with van der Waals surface area (Å²) >= 11 is 0. The van der Waals surface area contributed by atoms with Gasteiger partial charge in [0.1, 0.15) is 0 Å². The Labute approximate surface area is 130 Å². The topological polar surface area (TPSA) is 50.9 Å². The summed E-state index contributed by atoms with van der Waals surface area (Å²) in [5, 5.41) is 9.44. The Balaban J connectivity index is 1.98. The van der Waals surface area contributed by atoms with Crippen LogP contribution in [0.3, 0.4) is 0 Å². The third kappa shape index (κ3) is 2.75. The van der Waals surface area contributed by atoms with E-state index in [4.69, 9.17) is 4.74 Å². The zero-order valence-corrected chi connectivity index (χ0v) is 13.2. The third-order valence-corrected chi connectivity index (χ3v) is 4.68. The lowest BCUT2D eigenvalue weighted by atomic mass is 9.97. The predicted molar refractivity (Wildman–Crippen MR) is 85.5 cm³/mol. The van der Waals surface area contributed by atoms with E-state index in [1.165, 1.54) is 19.3 Å². The molecule has 0 aromatic carbocycles. The van der Waals surface area contributed by atoms with Crippen molar-refractivity contribution >= 4 is 11.5 Å². The maximum absolute atomic E-state index is 11.5. The van der Waals surface area contributed by atoms with Crippen LogP contribution >= 0.6 is 0 Å². The van der Waals surface area contributed by atoms with Crippen molar-refractivity contribution in [2.24, 2.45) is 0 Å². The molecule has 0 amide bonds. The van der Waals surface area contributed by atoms with Gasteiger partial charge in [-0.05, 0) is 50.5 Å². The molecule has 22 heavy (non-hydrogen) atoms. The van der Waals surface area contributed by atoms with Crippen molar-refractivity contribution in [3.63, 3.8) is 0 Å². The Kier molecular flexibility index (Phi) is 4.21. The highest BCUT2D eigenvalue weighted by molar-refractivity contribution is 5.91. The quantitative estimate of drug-likeness (QED) is 0.913. The van der Waals surface area contributed by atoms with Crippen molar-refractivity contribution in [1.29, 1.82) is 0 Å². The molecule has 1 N–H and O–H groups in total. The first-order chi connectivity index (χ1) is 10.6. The van der Waals surface area contributed by atoms with E-state index in [9.17, 15) is 9.90 Å². The van der Waals surface area contributed by atoms with Gasteiger partial charge in [-0.15, -0.1) is 0 Å². The number of carboxylic acids is 1. The van der Waals surface area contributed by atoms with Crippen LogP contribution in [-0.2, 0) is 4.74 Å². The fourth-order valence-corrected chi connectivity index (χ4v) is 3.58. The molecule has 1 aliphatic rings. The van der Waals surface area contributed by atoms with Crippen molar-refractivity contribution in [2.45, 2.75) is 58.2 Å². The molecule has 2 heterocycles. The monoisotopic (exact) mass is 301 g/mol. The van der Waals surface area contributed by atoms with Gasteiger partial charge >= 0.3 is 5.97 Å². The maximum Gasteiger partial charge on any atom is 0.336 e. The van der Waals surface area contributed by atoms with Gasteiger partial charge in [0.25, 0.3) is 0 Å². The van der Waals surface area contributed by atoms with Crippen molar-refractivity contribution in [2.75, 3.05) is 0 Å². The fraction of sp³-hybridized carbons (Fsp3) is 0.500. The van der Waals surface area contributed by atoms with Gasteiger partial charge in [-0.2, -0.15) is 0 Å². The Hall–Kier alpha value is -1.81. The second-order valence-corrected chi connectivity index (χ2v) is 6.21. The summed E-state index contributed by atoms with van der Waals surface area (Å²) < 4.78 is 8.31. The van der Waals surface area contributed by atoms with Crippen LogP contribution in [0.4, 0.5) is 0 Å². The summed E-state index contributed by atoms with van der Waals surface area (Å²) in [6, 6.07) is 5.61. The molecular formula is C18H23NO3. The summed E-state index contributed by atoms with van der Waals surface area (Å²) in [6.07, 6.45) is 8.12. The number of carbonyl (C=O) groups is 1. The summed E-state index contributed by atoms with van der Waals surface area (Å²) in [6.45, 7) is 3.90. The lowest BCUT2D eigenvalue weighted by Crippen LogP contribution is -2.21. The third-order valence-electron chi connectivity index (χ3n) is 4.68. The molecule has 2 aromatic heterocycles. The Bertz CT molecular complexity index is 683. The number of carboxylic acid groups (broad SMARTS) is 1. The van der Waals surface area contributed by atoms with Crippen molar-refractivity contribution < 1.29 is 14.6 Å². The second kappa shape index (κ2) is 6.13. The summed E-state index contributed by atoms with van der Waals surface area (Å²) in [4.78, 5) is 11.5. The number of hydrogen-bond acceptors (Lipinski definition) is 2. The molecule has 0 bridgehead atoms. The predicted octanol–water partition coefficient (Wildman–Crippen LogP) is 4.36. The molecule has 1 atom stereocenters. The highest BCUT2D eigenvalue weighted by Gasteiger charge is 2.23. The second-order valence-electron chi connectivity index (χ2n) is 6.21. The Morgan fingerprint density at radius 2 is 2.09 bits per heavy atom. The van der Waals surface area contributed by atoms with Gasteiger partial charge in [-0.3, -0.25) is 0 Å². The first kappa shape index (κ1) is 15.1. The number of fused-ring (bicyclic) bond motifs is 1. The number of aromatic nitrogens is 1. The number of nitrogens with zero attached hydrogens (tertiary/aromatic N) is 1. The number of pyridine rings is 1. The molecule has 1 saturated carbocycles.